The molecule has 4 rings (SSSR count). The van der Waals surface area contributed by atoms with E-state index in [1.807, 2.05) is 24.3 Å². The molecule has 2 aromatic carbocycles. The number of methoxy groups -OCH3 is 1. The van der Waals surface area contributed by atoms with E-state index in [0.717, 1.165) is 36.8 Å². The van der Waals surface area contributed by atoms with Crippen LogP contribution in [0.1, 0.15) is 58.0 Å². The molecule has 0 bridgehead atoms. The second-order valence-corrected chi connectivity index (χ2v) is 9.02. The molecule has 1 aliphatic carbocycles. The van der Waals surface area contributed by atoms with E-state index in [4.69, 9.17) is 4.74 Å². The molecule has 0 unspecified atom stereocenters. The highest BCUT2D eigenvalue weighted by Gasteiger charge is 2.35. The van der Waals surface area contributed by atoms with Gasteiger partial charge in [-0.15, -0.1) is 0 Å². The molecule has 35 heavy (non-hydrogen) atoms. The zero-order chi connectivity index (χ0) is 24.7. The van der Waals surface area contributed by atoms with Gasteiger partial charge in [0, 0.05) is 30.6 Å². The fourth-order valence-electron chi connectivity index (χ4n) is 4.68. The molecule has 7 nitrogen and oxygen atoms in total. The first-order valence-corrected chi connectivity index (χ1v) is 11.9. The van der Waals surface area contributed by atoms with Gasteiger partial charge >= 0.3 is 0 Å². The quantitative estimate of drug-likeness (QED) is 0.438. The summed E-state index contributed by atoms with van der Waals surface area (Å²) in [4.78, 5) is 29.9. The number of aromatic nitrogens is 1. The highest BCUT2D eigenvalue weighted by atomic mass is 16.5. The minimum absolute atomic E-state index is 0.180. The number of hydrogen-bond donors (Lipinski definition) is 3. The number of benzene rings is 2. The van der Waals surface area contributed by atoms with Crippen molar-refractivity contribution in [2.75, 3.05) is 20.3 Å². The maximum atomic E-state index is 13.0. The largest absolute Gasteiger partial charge is 0.394 e. The van der Waals surface area contributed by atoms with E-state index in [9.17, 15) is 14.7 Å². The van der Waals surface area contributed by atoms with Crippen LogP contribution in [0.5, 0.6) is 0 Å². The average Bonchev–Trinajstić information content (AvgIpc) is 3.36. The lowest BCUT2D eigenvalue weighted by molar-refractivity contribution is 0.0767. The van der Waals surface area contributed by atoms with Gasteiger partial charge in [0.05, 0.1) is 24.8 Å². The molecular weight excluding hydrogens is 442 g/mol. The minimum atomic E-state index is -0.644. The Morgan fingerprint density at radius 3 is 2.31 bits per heavy atom. The van der Waals surface area contributed by atoms with Crippen LogP contribution in [0.25, 0.3) is 11.1 Å². The van der Waals surface area contributed by atoms with Crippen LogP contribution in [0.4, 0.5) is 0 Å². The lowest BCUT2D eigenvalue weighted by Crippen LogP contribution is -2.49. The highest BCUT2D eigenvalue weighted by Crippen LogP contribution is 2.30. The van der Waals surface area contributed by atoms with E-state index in [-0.39, 0.29) is 24.0 Å². The Morgan fingerprint density at radius 2 is 1.66 bits per heavy atom. The van der Waals surface area contributed by atoms with Crippen molar-refractivity contribution in [3.63, 3.8) is 0 Å². The van der Waals surface area contributed by atoms with Gasteiger partial charge in [0.2, 0.25) is 0 Å². The van der Waals surface area contributed by atoms with Crippen molar-refractivity contribution in [3.05, 3.63) is 89.7 Å². The first-order valence-electron chi connectivity index (χ1n) is 11.9. The molecule has 3 aromatic rings. The number of nitrogens with one attached hydrogen (secondary N) is 2. The van der Waals surface area contributed by atoms with Crippen LogP contribution in [0, 0.1) is 0 Å². The Balaban J connectivity index is 1.45. The number of aliphatic hydroxyl groups excluding tert-OH is 1. The summed E-state index contributed by atoms with van der Waals surface area (Å²) in [5, 5.41) is 16.0. The summed E-state index contributed by atoms with van der Waals surface area (Å²) in [6.07, 6.45) is 7.35. The molecule has 7 heteroatoms. The Morgan fingerprint density at radius 1 is 0.971 bits per heavy atom. The number of nitrogens with zero attached hydrogens (tertiary/aromatic N) is 1. The molecule has 2 amide bonds. The summed E-state index contributed by atoms with van der Waals surface area (Å²) in [7, 11) is 1.65. The summed E-state index contributed by atoms with van der Waals surface area (Å²) in [5.41, 5.74) is 3.29. The second kappa shape index (κ2) is 11.3. The molecule has 182 valence electrons. The summed E-state index contributed by atoms with van der Waals surface area (Å²) in [5.74, 6) is -0.481. The monoisotopic (exact) mass is 473 g/mol. The van der Waals surface area contributed by atoms with Crippen LogP contribution < -0.4 is 10.6 Å². The Hall–Kier alpha value is -3.55. The van der Waals surface area contributed by atoms with Crippen molar-refractivity contribution >= 4 is 11.8 Å². The van der Waals surface area contributed by atoms with E-state index in [1.165, 1.54) is 0 Å². The Bertz CT molecular complexity index is 1140. The highest BCUT2D eigenvalue weighted by molar-refractivity contribution is 5.96. The van der Waals surface area contributed by atoms with Crippen molar-refractivity contribution < 1.29 is 19.4 Å². The molecule has 1 aromatic heterocycles. The molecular formula is C28H31N3O4. The number of aliphatic hydroxyl groups is 1. The third-order valence-corrected chi connectivity index (χ3v) is 6.56. The second-order valence-electron chi connectivity index (χ2n) is 9.02. The predicted octanol–water partition coefficient (Wildman–Crippen LogP) is 3.90. The van der Waals surface area contributed by atoms with Gasteiger partial charge in [-0.05, 0) is 65.9 Å². The van der Waals surface area contributed by atoms with Gasteiger partial charge in [0.1, 0.15) is 0 Å². The smallest absolute Gasteiger partial charge is 0.251 e. The first kappa shape index (κ1) is 24.6. The molecule has 0 aliphatic heterocycles. The lowest BCUT2D eigenvalue weighted by atomic mass is 9.97. The van der Waals surface area contributed by atoms with Gasteiger partial charge in [0.25, 0.3) is 11.8 Å². The standard InChI is InChI=1S/C28H31N3O4/c1-35-19-28(13-2-3-14-28)31-27(34)24-6-4-5-23(17-24)25(18-32)30-26(33)22-9-7-20(8-10-22)21-11-15-29-16-12-21/h4-12,15-17,25,32H,2-3,13-14,18-19H2,1H3,(H,30,33)(H,31,34)/t25-/m1/s1. The van der Waals surface area contributed by atoms with Gasteiger partial charge < -0.3 is 20.5 Å². The van der Waals surface area contributed by atoms with Crippen LogP contribution in [0.3, 0.4) is 0 Å². The van der Waals surface area contributed by atoms with E-state index in [0.29, 0.717) is 23.3 Å². The number of pyridine rings is 1. The number of ether oxygens (including phenoxy) is 1. The minimum Gasteiger partial charge on any atom is -0.394 e. The number of carbonyl (C=O) groups is 2. The van der Waals surface area contributed by atoms with Gasteiger partial charge in [0.15, 0.2) is 0 Å². The molecule has 1 atom stereocenters. The van der Waals surface area contributed by atoms with Gasteiger partial charge in [-0.1, -0.05) is 37.1 Å². The van der Waals surface area contributed by atoms with Crippen LogP contribution in [-0.2, 0) is 4.74 Å². The third kappa shape index (κ3) is 5.93. The van der Waals surface area contributed by atoms with Crippen molar-refractivity contribution in [2.24, 2.45) is 0 Å². The van der Waals surface area contributed by atoms with Crippen molar-refractivity contribution in [2.45, 2.75) is 37.3 Å². The molecule has 0 spiro atoms. The summed E-state index contributed by atoms with van der Waals surface area (Å²) in [6, 6.07) is 17.4. The van der Waals surface area contributed by atoms with Gasteiger partial charge in [-0.25, -0.2) is 0 Å². The average molecular weight is 474 g/mol. The molecule has 0 saturated heterocycles. The fourth-order valence-corrected chi connectivity index (χ4v) is 4.68. The molecule has 1 heterocycles. The first-order chi connectivity index (χ1) is 17.0. The lowest BCUT2D eigenvalue weighted by Gasteiger charge is -2.29. The summed E-state index contributed by atoms with van der Waals surface area (Å²) in [6.45, 7) is 0.188. The summed E-state index contributed by atoms with van der Waals surface area (Å²) < 4.78 is 5.37. The van der Waals surface area contributed by atoms with Crippen molar-refractivity contribution in [3.8, 4) is 11.1 Å². The van der Waals surface area contributed by atoms with Gasteiger partial charge in [-0.2, -0.15) is 0 Å². The van der Waals surface area contributed by atoms with Crippen molar-refractivity contribution in [1.29, 1.82) is 0 Å². The van der Waals surface area contributed by atoms with Crippen molar-refractivity contribution in [1.82, 2.24) is 15.6 Å². The number of rotatable bonds is 9. The molecule has 1 saturated carbocycles. The summed E-state index contributed by atoms with van der Waals surface area (Å²) >= 11 is 0. The Labute approximate surface area is 205 Å². The van der Waals surface area contributed by atoms with Gasteiger partial charge in [-0.3, -0.25) is 14.6 Å². The third-order valence-electron chi connectivity index (χ3n) is 6.56. The van der Waals surface area contributed by atoms with Crippen LogP contribution >= 0.6 is 0 Å². The van der Waals surface area contributed by atoms with Crippen LogP contribution in [0.15, 0.2) is 73.1 Å². The van der Waals surface area contributed by atoms with E-state index in [1.54, 1.807) is 55.9 Å². The number of carbonyl (C=O) groups excluding carboxylic acids is 2. The number of amides is 2. The Kier molecular flexibility index (Phi) is 7.90. The molecule has 1 fully saturated rings. The maximum Gasteiger partial charge on any atom is 0.251 e. The maximum absolute atomic E-state index is 13.0. The van der Waals surface area contributed by atoms with Crippen LogP contribution in [-0.4, -0.2) is 47.8 Å². The zero-order valence-electron chi connectivity index (χ0n) is 19.9. The molecule has 3 N–H and O–H groups in total. The van der Waals surface area contributed by atoms with Crippen LogP contribution in [0.2, 0.25) is 0 Å². The predicted molar refractivity (Wildman–Crippen MR) is 134 cm³/mol. The van der Waals surface area contributed by atoms with E-state index >= 15 is 0 Å². The molecule has 0 radical (unpaired) electrons. The fraction of sp³-hybridized carbons (Fsp3) is 0.321. The van der Waals surface area contributed by atoms with E-state index < -0.39 is 6.04 Å². The normalized spacial score (nSPS) is 15.4. The molecule has 1 aliphatic rings. The topological polar surface area (TPSA) is 101 Å². The number of hydrogen-bond acceptors (Lipinski definition) is 5. The zero-order valence-corrected chi connectivity index (χ0v) is 19.9. The SMILES string of the molecule is COCC1(NC(=O)c2cccc([C@@H](CO)NC(=O)c3ccc(-c4ccncc4)cc3)c2)CCCC1. The van der Waals surface area contributed by atoms with E-state index in [2.05, 4.69) is 15.6 Å².